The van der Waals surface area contributed by atoms with Gasteiger partial charge in [-0.3, -0.25) is 0 Å². The van der Waals surface area contributed by atoms with E-state index in [1.807, 2.05) is 24.3 Å². The van der Waals surface area contributed by atoms with E-state index >= 15 is 0 Å². The summed E-state index contributed by atoms with van der Waals surface area (Å²) in [6.07, 6.45) is 0. The standard InChI is InChI=1S/C13H16ClN3O2S/c1-11(10-15)20(18,19)17-8-6-16(7-9-17)13-4-2-12(14)3-5-13/h2-5,11H,6-9H2,1H3. The lowest BCUT2D eigenvalue weighted by molar-refractivity contribution is 0.383. The summed E-state index contributed by atoms with van der Waals surface area (Å²) in [6, 6.07) is 9.27. The molecule has 20 heavy (non-hydrogen) atoms. The maximum Gasteiger partial charge on any atom is 0.230 e. The van der Waals surface area contributed by atoms with Crippen LogP contribution < -0.4 is 4.90 Å². The number of halogens is 1. The van der Waals surface area contributed by atoms with Crippen LogP contribution in [-0.2, 0) is 10.0 Å². The van der Waals surface area contributed by atoms with Gasteiger partial charge in [-0.05, 0) is 31.2 Å². The fourth-order valence-corrected chi connectivity index (χ4v) is 3.52. The van der Waals surface area contributed by atoms with Crippen LogP contribution in [0, 0.1) is 11.3 Å². The number of rotatable bonds is 3. The van der Waals surface area contributed by atoms with Crippen molar-refractivity contribution in [3.8, 4) is 6.07 Å². The first-order valence-electron chi connectivity index (χ1n) is 6.34. The molecule has 0 saturated carbocycles. The second kappa shape index (κ2) is 6.00. The maximum atomic E-state index is 12.1. The number of hydrogen-bond acceptors (Lipinski definition) is 4. The van der Waals surface area contributed by atoms with Crippen LogP contribution in [0.1, 0.15) is 6.92 Å². The van der Waals surface area contributed by atoms with Crippen molar-refractivity contribution in [2.75, 3.05) is 31.1 Å². The van der Waals surface area contributed by atoms with Gasteiger partial charge >= 0.3 is 0 Å². The molecule has 1 saturated heterocycles. The molecule has 1 aromatic rings. The molecule has 1 aromatic carbocycles. The Bertz CT molecular complexity index is 601. The first-order chi connectivity index (χ1) is 9.45. The molecule has 0 aliphatic carbocycles. The van der Waals surface area contributed by atoms with Crippen LogP contribution in [-0.4, -0.2) is 44.2 Å². The Morgan fingerprint density at radius 2 is 1.75 bits per heavy atom. The summed E-state index contributed by atoms with van der Waals surface area (Å²) in [6.45, 7) is 3.44. The van der Waals surface area contributed by atoms with Crippen LogP contribution in [0.2, 0.25) is 5.02 Å². The third-order valence-corrected chi connectivity index (χ3v) is 5.75. The zero-order valence-electron chi connectivity index (χ0n) is 11.2. The van der Waals surface area contributed by atoms with Gasteiger partial charge in [-0.25, -0.2) is 8.42 Å². The largest absolute Gasteiger partial charge is 0.369 e. The quantitative estimate of drug-likeness (QED) is 0.852. The molecular formula is C13H16ClN3O2S. The Hall–Kier alpha value is -1.29. The summed E-state index contributed by atoms with van der Waals surface area (Å²) in [5.74, 6) is 0. The molecule has 108 valence electrons. The van der Waals surface area contributed by atoms with Gasteiger partial charge in [-0.2, -0.15) is 9.57 Å². The number of nitrogens with zero attached hydrogens (tertiary/aromatic N) is 3. The van der Waals surface area contributed by atoms with Crippen LogP contribution in [0.15, 0.2) is 24.3 Å². The van der Waals surface area contributed by atoms with Crippen LogP contribution >= 0.6 is 11.6 Å². The van der Waals surface area contributed by atoms with Crippen molar-refractivity contribution < 1.29 is 8.42 Å². The van der Waals surface area contributed by atoms with Gasteiger partial charge in [-0.1, -0.05) is 11.6 Å². The molecule has 5 nitrogen and oxygen atoms in total. The van der Waals surface area contributed by atoms with Crippen molar-refractivity contribution in [1.29, 1.82) is 5.26 Å². The molecule has 1 unspecified atom stereocenters. The SMILES string of the molecule is CC(C#N)S(=O)(=O)N1CCN(c2ccc(Cl)cc2)CC1. The second-order valence-corrected chi connectivity index (χ2v) is 7.37. The van der Waals surface area contributed by atoms with Crippen molar-refractivity contribution in [1.82, 2.24) is 4.31 Å². The van der Waals surface area contributed by atoms with E-state index < -0.39 is 15.3 Å². The molecule has 0 radical (unpaired) electrons. The minimum atomic E-state index is -3.50. The number of hydrogen-bond donors (Lipinski definition) is 0. The zero-order chi connectivity index (χ0) is 14.8. The van der Waals surface area contributed by atoms with Crippen molar-refractivity contribution in [3.05, 3.63) is 29.3 Å². The molecule has 0 bridgehead atoms. The van der Waals surface area contributed by atoms with Crippen molar-refractivity contribution in [2.45, 2.75) is 12.2 Å². The van der Waals surface area contributed by atoms with Crippen molar-refractivity contribution in [3.63, 3.8) is 0 Å². The molecule has 0 N–H and O–H groups in total. The van der Waals surface area contributed by atoms with Crippen molar-refractivity contribution >= 4 is 27.3 Å². The maximum absolute atomic E-state index is 12.1. The minimum Gasteiger partial charge on any atom is -0.369 e. The fraction of sp³-hybridized carbons (Fsp3) is 0.462. The smallest absolute Gasteiger partial charge is 0.230 e. The predicted octanol–water partition coefficient (Wildman–Crippen LogP) is 1.70. The number of benzene rings is 1. The topological polar surface area (TPSA) is 64.4 Å². The van der Waals surface area contributed by atoms with E-state index in [1.54, 1.807) is 6.07 Å². The summed E-state index contributed by atoms with van der Waals surface area (Å²) in [5.41, 5.74) is 1.03. The van der Waals surface area contributed by atoms with Gasteiger partial charge in [0.25, 0.3) is 0 Å². The number of anilines is 1. The van der Waals surface area contributed by atoms with E-state index in [0.717, 1.165) is 5.69 Å². The molecule has 2 rings (SSSR count). The Morgan fingerprint density at radius 1 is 1.20 bits per heavy atom. The second-order valence-electron chi connectivity index (χ2n) is 4.68. The van der Waals surface area contributed by atoms with E-state index in [4.69, 9.17) is 16.9 Å². The Balaban J connectivity index is 2.03. The van der Waals surface area contributed by atoms with Crippen LogP contribution in [0.4, 0.5) is 5.69 Å². The van der Waals surface area contributed by atoms with E-state index in [2.05, 4.69) is 4.90 Å². The molecule has 1 aliphatic heterocycles. The summed E-state index contributed by atoms with van der Waals surface area (Å²) >= 11 is 5.85. The van der Waals surface area contributed by atoms with Crippen LogP contribution in [0.3, 0.4) is 0 Å². The first kappa shape index (κ1) is 15.1. The summed E-state index contributed by atoms with van der Waals surface area (Å²) in [4.78, 5) is 2.11. The lowest BCUT2D eigenvalue weighted by Gasteiger charge is -2.35. The normalized spacial score (nSPS) is 18.6. The summed E-state index contributed by atoms with van der Waals surface area (Å²) < 4.78 is 25.5. The Morgan fingerprint density at radius 3 is 2.25 bits per heavy atom. The molecule has 1 aliphatic rings. The molecule has 1 heterocycles. The zero-order valence-corrected chi connectivity index (χ0v) is 12.7. The Labute approximate surface area is 124 Å². The predicted molar refractivity (Wildman–Crippen MR) is 79.2 cm³/mol. The average Bonchev–Trinajstić information content (AvgIpc) is 2.47. The summed E-state index contributed by atoms with van der Waals surface area (Å²) in [7, 11) is -3.50. The Kier molecular flexibility index (Phi) is 4.53. The highest BCUT2D eigenvalue weighted by atomic mass is 35.5. The molecule has 0 aromatic heterocycles. The van der Waals surface area contributed by atoms with Gasteiger partial charge in [0.15, 0.2) is 5.25 Å². The molecule has 1 atom stereocenters. The summed E-state index contributed by atoms with van der Waals surface area (Å²) in [5, 5.41) is 8.46. The lowest BCUT2D eigenvalue weighted by atomic mass is 10.2. The molecule has 7 heteroatoms. The van der Waals surface area contributed by atoms with E-state index in [1.165, 1.54) is 11.2 Å². The van der Waals surface area contributed by atoms with Crippen LogP contribution in [0.5, 0.6) is 0 Å². The highest BCUT2D eigenvalue weighted by Crippen LogP contribution is 2.21. The molecule has 0 spiro atoms. The third-order valence-electron chi connectivity index (χ3n) is 3.42. The number of sulfonamides is 1. The van der Waals surface area contributed by atoms with Gasteiger partial charge in [0.05, 0.1) is 6.07 Å². The monoisotopic (exact) mass is 313 g/mol. The first-order valence-corrected chi connectivity index (χ1v) is 8.22. The van der Waals surface area contributed by atoms with Gasteiger partial charge in [-0.15, -0.1) is 0 Å². The van der Waals surface area contributed by atoms with Crippen LogP contribution in [0.25, 0.3) is 0 Å². The van der Waals surface area contributed by atoms with Gasteiger partial charge < -0.3 is 4.90 Å². The van der Waals surface area contributed by atoms with E-state index in [-0.39, 0.29) is 0 Å². The van der Waals surface area contributed by atoms with Crippen molar-refractivity contribution in [2.24, 2.45) is 0 Å². The fourth-order valence-electron chi connectivity index (χ4n) is 2.14. The van der Waals surface area contributed by atoms with E-state index in [0.29, 0.717) is 31.2 Å². The molecular weight excluding hydrogens is 298 g/mol. The minimum absolute atomic E-state index is 0.400. The average molecular weight is 314 g/mol. The van der Waals surface area contributed by atoms with E-state index in [9.17, 15) is 8.42 Å². The molecule has 0 amide bonds. The highest BCUT2D eigenvalue weighted by molar-refractivity contribution is 7.89. The number of piperazine rings is 1. The number of nitriles is 1. The molecule has 1 fully saturated rings. The lowest BCUT2D eigenvalue weighted by Crippen LogP contribution is -2.50. The third kappa shape index (κ3) is 3.06. The van der Waals surface area contributed by atoms with Gasteiger partial charge in [0.2, 0.25) is 10.0 Å². The highest BCUT2D eigenvalue weighted by Gasteiger charge is 2.31. The van der Waals surface area contributed by atoms with Gasteiger partial charge in [0, 0.05) is 36.9 Å². The van der Waals surface area contributed by atoms with Gasteiger partial charge in [0.1, 0.15) is 0 Å².